The number of carbonyl (C=O) groups excluding carboxylic acids is 1. The van der Waals surface area contributed by atoms with Gasteiger partial charge in [0.1, 0.15) is 6.20 Å². The van der Waals surface area contributed by atoms with Crippen molar-refractivity contribution in [2.24, 2.45) is 0 Å². The van der Waals surface area contributed by atoms with E-state index in [1.807, 2.05) is 6.92 Å². The molecular formula is C10H15N3O4. The van der Waals surface area contributed by atoms with Crippen molar-refractivity contribution in [2.75, 3.05) is 6.61 Å². The van der Waals surface area contributed by atoms with Gasteiger partial charge in [0.15, 0.2) is 0 Å². The Labute approximate surface area is 98.6 Å². The molecule has 0 fully saturated rings. The maximum Gasteiger partial charge on any atom is 0.381 e. The fraction of sp³-hybridized carbons (Fsp3) is 0.600. The second-order valence-corrected chi connectivity index (χ2v) is 3.55. The lowest BCUT2D eigenvalue weighted by Gasteiger charge is -2.03. The average molecular weight is 241 g/mol. The predicted molar refractivity (Wildman–Crippen MR) is 59.4 cm³/mol. The molecule has 1 rings (SSSR count). The molecule has 0 radical (unpaired) electrons. The standard InChI is InChI=1S/C10H15N3O4/c1-2-3-6-17-10(14)4-5-12-7-9(11-8-12)13(15)16/h7-8H,2-6H2,1H3. The van der Waals surface area contributed by atoms with Crippen LogP contribution in [-0.4, -0.2) is 27.1 Å². The summed E-state index contributed by atoms with van der Waals surface area (Å²) in [5.74, 6) is -0.515. The summed E-state index contributed by atoms with van der Waals surface area (Å²) < 4.78 is 6.45. The van der Waals surface area contributed by atoms with Crippen molar-refractivity contribution in [2.45, 2.75) is 32.7 Å². The number of carbonyl (C=O) groups is 1. The van der Waals surface area contributed by atoms with E-state index in [0.29, 0.717) is 13.2 Å². The van der Waals surface area contributed by atoms with Crippen LogP contribution in [0, 0.1) is 10.1 Å². The van der Waals surface area contributed by atoms with E-state index in [-0.39, 0.29) is 18.2 Å². The molecule has 0 aromatic carbocycles. The van der Waals surface area contributed by atoms with Crippen LogP contribution >= 0.6 is 0 Å². The van der Waals surface area contributed by atoms with Crippen LogP contribution in [0.5, 0.6) is 0 Å². The molecule has 1 aromatic rings. The lowest BCUT2D eigenvalue weighted by atomic mass is 10.3. The van der Waals surface area contributed by atoms with Crippen molar-refractivity contribution in [3.8, 4) is 0 Å². The third-order valence-corrected chi connectivity index (χ3v) is 2.14. The molecular weight excluding hydrogens is 226 g/mol. The van der Waals surface area contributed by atoms with E-state index in [4.69, 9.17) is 4.74 Å². The number of aromatic nitrogens is 2. The van der Waals surface area contributed by atoms with E-state index in [2.05, 4.69) is 4.98 Å². The first-order chi connectivity index (χ1) is 8.13. The molecule has 0 aliphatic rings. The summed E-state index contributed by atoms with van der Waals surface area (Å²) in [5.41, 5.74) is 0. The van der Waals surface area contributed by atoms with Gasteiger partial charge < -0.3 is 19.4 Å². The Morgan fingerprint density at radius 1 is 1.65 bits per heavy atom. The largest absolute Gasteiger partial charge is 0.466 e. The molecule has 1 heterocycles. The van der Waals surface area contributed by atoms with Crippen molar-refractivity contribution >= 4 is 11.8 Å². The number of nitro groups is 1. The number of ether oxygens (including phenoxy) is 1. The Balaban J connectivity index is 2.29. The second kappa shape index (κ2) is 6.62. The Kier molecular flexibility index (Phi) is 5.12. The zero-order chi connectivity index (χ0) is 12.7. The van der Waals surface area contributed by atoms with Gasteiger partial charge in [-0.1, -0.05) is 13.3 Å². The average Bonchev–Trinajstić information content (AvgIpc) is 2.75. The molecule has 0 aliphatic heterocycles. The topological polar surface area (TPSA) is 87.3 Å². The second-order valence-electron chi connectivity index (χ2n) is 3.55. The summed E-state index contributed by atoms with van der Waals surface area (Å²) in [6.45, 7) is 2.78. The fourth-order valence-electron chi connectivity index (χ4n) is 1.19. The van der Waals surface area contributed by atoms with Crippen molar-refractivity contribution in [1.82, 2.24) is 9.55 Å². The van der Waals surface area contributed by atoms with Crippen LogP contribution in [0.2, 0.25) is 0 Å². The molecule has 94 valence electrons. The number of rotatable bonds is 7. The summed E-state index contributed by atoms with van der Waals surface area (Å²) in [5, 5.41) is 10.4. The number of hydrogen-bond acceptors (Lipinski definition) is 5. The van der Waals surface area contributed by atoms with E-state index >= 15 is 0 Å². The smallest absolute Gasteiger partial charge is 0.381 e. The zero-order valence-corrected chi connectivity index (χ0v) is 9.66. The molecule has 0 N–H and O–H groups in total. The minimum absolute atomic E-state index is 0.192. The number of nitrogens with zero attached hydrogens (tertiary/aromatic N) is 3. The number of unbranched alkanes of at least 4 members (excludes halogenated alkanes) is 1. The van der Waals surface area contributed by atoms with Gasteiger partial charge in [-0.05, 0) is 16.3 Å². The molecule has 0 atom stereocenters. The highest BCUT2D eigenvalue weighted by Gasteiger charge is 2.10. The number of imidazole rings is 1. The minimum Gasteiger partial charge on any atom is -0.466 e. The van der Waals surface area contributed by atoms with Gasteiger partial charge in [-0.25, -0.2) is 0 Å². The molecule has 0 aliphatic carbocycles. The van der Waals surface area contributed by atoms with Crippen LogP contribution in [0.3, 0.4) is 0 Å². The first kappa shape index (κ1) is 13.1. The van der Waals surface area contributed by atoms with Crippen LogP contribution in [0.1, 0.15) is 26.2 Å². The van der Waals surface area contributed by atoms with Gasteiger partial charge in [-0.15, -0.1) is 0 Å². The molecule has 0 unspecified atom stereocenters. The van der Waals surface area contributed by atoms with Crippen LogP contribution < -0.4 is 0 Å². The molecule has 0 spiro atoms. The van der Waals surface area contributed by atoms with Gasteiger partial charge in [0.05, 0.1) is 13.0 Å². The first-order valence-corrected chi connectivity index (χ1v) is 5.45. The predicted octanol–water partition coefficient (Wildman–Crippen LogP) is 1.52. The first-order valence-electron chi connectivity index (χ1n) is 5.45. The quantitative estimate of drug-likeness (QED) is 0.312. The van der Waals surface area contributed by atoms with Crippen LogP contribution in [-0.2, 0) is 16.1 Å². The molecule has 7 heteroatoms. The van der Waals surface area contributed by atoms with Crippen LogP contribution in [0.4, 0.5) is 5.82 Å². The monoisotopic (exact) mass is 241 g/mol. The number of aryl methyl sites for hydroxylation is 1. The molecule has 0 amide bonds. The summed E-state index contributed by atoms with van der Waals surface area (Å²) in [7, 11) is 0. The van der Waals surface area contributed by atoms with Crippen molar-refractivity contribution in [3.05, 3.63) is 22.6 Å². The Hall–Kier alpha value is -1.92. The summed E-state index contributed by atoms with van der Waals surface area (Å²) >= 11 is 0. The summed E-state index contributed by atoms with van der Waals surface area (Å²) in [4.78, 5) is 24.6. The fourth-order valence-corrected chi connectivity index (χ4v) is 1.19. The molecule has 17 heavy (non-hydrogen) atoms. The highest BCUT2D eigenvalue weighted by atomic mass is 16.6. The van der Waals surface area contributed by atoms with Gasteiger partial charge >= 0.3 is 11.8 Å². The third kappa shape index (κ3) is 4.62. The van der Waals surface area contributed by atoms with Gasteiger partial charge in [-0.3, -0.25) is 4.79 Å². The normalized spacial score (nSPS) is 10.2. The zero-order valence-electron chi connectivity index (χ0n) is 9.66. The summed E-state index contributed by atoms with van der Waals surface area (Å²) in [6.07, 6.45) is 4.64. The lowest BCUT2D eigenvalue weighted by molar-refractivity contribution is -0.389. The highest BCUT2D eigenvalue weighted by molar-refractivity contribution is 5.69. The van der Waals surface area contributed by atoms with Crippen molar-refractivity contribution < 1.29 is 14.5 Å². The molecule has 1 aromatic heterocycles. The number of hydrogen-bond donors (Lipinski definition) is 0. The van der Waals surface area contributed by atoms with Crippen LogP contribution in [0.15, 0.2) is 12.5 Å². The molecule has 0 saturated heterocycles. The van der Waals surface area contributed by atoms with E-state index in [1.54, 1.807) is 0 Å². The third-order valence-electron chi connectivity index (χ3n) is 2.14. The Bertz CT molecular complexity index is 389. The van der Waals surface area contributed by atoms with E-state index in [0.717, 1.165) is 12.8 Å². The van der Waals surface area contributed by atoms with E-state index in [1.165, 1.54) is 17.1 Å². The maximum atomic E-state index is 11.2. The van der Waals surface area contributed by atoms with Gasteiger partial charge in [0.25, 0.3) is 0 Å². The SMILES string of the molecule is CCCCOC(=O)CCn1cnc([N+](=O)[O-])c1. The van der Waals surface area contributed by atoms with E-state index in [9.17, 15) is 14.9 Å². The molecule has 0 bridgehead atoms. The maximum absolute atomic E-state index is 11.2. The van der Waals surface area contributed by atoms with Crippen molar-refractivity contribution in [3.63, 3.8) is 0 Å². The molecule has 0 saturated carbocycles. The van der Waals surface area contributed by atoms with Gasteiger partial charge in [0, 0.05) is 6.54 Å². The minimum atomic E-state index is -0.573. The Morgan fingerprint density at radius 2 is 2.41 bits per heavy atom. The van der Waals surface area contributed by atoms with Gasteiger partial charge in [-0.2, -0.15) is 0 Å². The lowest BCUT2D eigenvalue weighted by Crippen LogP contribution is -2.09. The van der Waals surface area contributed by atoms with Gasteiger partial charge in [0.2, 0.25) is 6.33 Å². The van der Waals surface area contributed by atoms with Crippen LogP contribution in [0.25, 0.3) is 0 Å². The summed E-state index contributed by atoms with van der Waals surface area (Å²) in [6, 6.07) is 0. The van der Waals surface area contributed by atoms with Crippen molar-refractivity contribution in [1.29, 1.82) is 0 Å². The molecule has 7 nitrogen and oxygen atoms in total. The van der Waals surface area contributed by atoms with E-state index < -0.39 is 4.92 Å². The Morgan fingerprint density at radius 3 is 3.00 bits per heavy atom. The highest BCUT2D eigenvalue weighted by Crippen LogP contribution is 2.06. The number of esters is 1.